The van der Waals surface area contributed by atoms with Crippen molar-refractivity contribution in [3.8, 4) is 0 Å². The van der Waals surface area contributed by atoms with Crippen LogP contribution < -0.4 is 16.2 Å². The first-order valence-electron chi connectivity index (χ1n) is 6.84. The number of anilines is 2. The van der Waals surface area contributed by atoms with E-state index in [1.54, 1.807) is 12.3 Å². The summed E-state index contributed by atoms with van der Waals surface area (Å²) < 4.78 is 2.24. The van der Waals surface area contributed by atoms with Crippen molar-refractivity contribution < 1.29 is 0 Å². The fourth-order valence-corrected chi connectivity index (χ4v) is 2.49. The van der Waals surface area contributed by atoms with E-state index in [2.05, 4.69) is 28.0 Å². The predicted molar refractivity (Wildman–Crippen MR) is 89.7 cm³/mol. The first-order valence-corrected chi connectivity index (χ1v) is 7.63. The molecule has 0 aliphatic heterocycles. The Kier molecular flexibility index (Phi) is 5.01. The van der Waals surface area contributed by atoms with Crippen molar-refractivity contribution in [2.75, 3.05) is 24.2 Å². The monoisotopic (exact) mass is 350 g/mol. The third-order valence-electron chi connectivity index (χ3n) is 3.28. The maximum atomic E-state index is 12.2. The zero-order valence-electron chi connectivity index (χ0n) is 12.2. The Labute approximate surface area is 132 Å². The van der Waals surface area contributed by atoms with E-state index in [9.17, 15) is 4.79 Å². The van der Waals surface area contributed by atoms with Crippen LogP contribution in [0.15, 0.2) is 39.7 Å². The smallest absolute Gasteiger partial charge is 0.269 e. The average molecular weight is 351 g/mol. The molecule has 1 heterocycles. The highest BCUT2D eigenvalue weighted by molar-refractivity contribution is 9.10. The van der Waals surface area contributed by atoms with Crippen LogP contribution in [-0.2, 0) is 6.54 Å². The summed E-state index contributed by atoms with van der Waals surface area (Å²) in [4.78, 5) is 14.2. The molecule has 0 fully saturated rings. The van der Waals surface area contributed by atoms with E-state index in [0.717, 1.165) is 28.7 Å². The van der Waals surface area contributed by atoms with Gasteiger partial charge in [0.2, 0.25) is 0 Å². The Morgan fingerprint density at radius 1 is 1.43 bits per heavy atom. The van der Waals surface area contributed by atoms with Gasteiger partial charge in [-0.15, -0.1) is 0 Å². The van der Waals surface area contributed by atoms with Crippen LogP contribution in [0.2, 0.25) is 0 Å². The second-order valence-electron chi connectivity index (χ2n) is 4.95. The van der Waals surface area contributed by atoms with Crippen molar-refractivity contribution in [1.29, 1.82) is 0 Å². The van der Waals surface area contributed by atoms with Crippen molar-refractivity contribution in [3.63, 3.8) is 0 Å². The predicted octanol–water partition coefficient (Wildman–Crippen LogP) is 2.48. The second-order valence-corrected chi connectivity index (χ2v) is 5.74. The lowest BCUT2D eigenvalue weighted by Crippen LogP contribution is -2.26. The van der Waals surface area contributed by atoms with E-state index in [1.807, 2.05) is 30.1 Å². The van der Waals surface area contributed by atoms with Gasteiger partial charge in [0.05, 0.1) is 18.4 Å². The van der Waals surface area contributed by atoms with E-state index < -0.39 is 0 Å². The second kappa shape index (κ2) is 6.76. The van der Waals surface area contributed by atoms with Crippen molar-refractivity contribution >= 4 is 27.3 Å². The molecule has 0 unspecified atom stereocenters. The largest absolute Gasteiger partial charge is 0.398 e. The molecule has 6 heteroatoms. The first kappa shape index (κ1) is 15.6. The molecule has 0 amide bonds. The maximum Gasteiger partial charge on any atom is 0.269 e. The Balaban J connectivity index is 2.26. The minimum atomic E-state index is -0.121. The summed E-state index contributed by atoms with van der Waals surface area (Å²) in [5.74, 6) is 0. The van der Waals surface area contributed by atoms with Crippen LogP contribution in [0, 0.1) is 0 Å². The van der Waals surface area contributed by atoms with Crippen LogP contribution in [0.3, 0.4) is 0 Å². The third kappa shape index (κ3) is 3.64. The number of hydrogen-bond acceptors (Lipinski definition) is 4. The van der Waals surface area contributed by atoms with Gasteiger partial charge in [0.1, 0.15) is 0 Å². The third-order valence-corrected chi connectivity index (χ3v) is 4.25. The van der Waals surface area contributed by atoms with Crippen LogP contribution in [0.1, 0.15) is 18.9 Å². The topological polar surface area (TPSA) is 64.2 Å². The van der Waals surface area contributed by atoms with Crippen LogP contribution >= 0.6 is 15.9 Å². The van der Waals surface area contributed by atoms with Gasteiger partial charge in [-0.3, -0.25) is 4.79 Å². The molecule has 112 valence electrons. The molecule has 2 N–H and O–H groups in total. The minimum absolute atomic E-state index is 0.121. The Hall–Kier alpha value is -1.82. The lowest BCUT2D eigenvalue weighted by atomic mass is 10.2. The summed E-state index contributed by atoms with van der Waals surface area (Å²) >= 11 is 3.44. The number of hydrogen-bond donors (Lipinski definition) is 1. The lowest BCUT2D eigenvalue weighted by Gasteiger charge is -2.18. The molecule has 0 saturated carbocycles. The maximum absolute atomic E-state index is 12.2. The number of nitrogens with two attached hydrogens (primary N) is 1. The van der Waals surface area contributed by atoms with Gasteiger partial charge in [0.25, 0.3) is 5.56 Å². The van der Waals surface area contributed by atoms with Crippen molar-refractivity contribution in [2.45, 2.75) is 19.9 Å². The van der Waals surface area contributed by atoms with Crippen molar-refractivity contribution in [1.82, 2.24) is 9.78 Å². The first-order chi connectivity index (χ1) is 10.0. The molecule has 0 aliphatic rings. The molecule has 21 heavy (non-hydrogen) atoms. The molecule has 1 aromatic heterocycles. The fourth-order valence-electron chi connectivity index (χ4n) is 2.10. The zero-order chi connectivity index (χ0) is 15.4. The summed E-state index contributed by atoms with van der Waals surface area (Å²) in [7, 11) is 1.96. The van der Waals surface area contributed by atoms with Crippen LogP contribution in [-0.4, -0.2) is 23.4 Å². The van der Waals surface area contributed by atoms with Gasteiger partial charge in [-0.25, -0.2) is 4.68 Å². The fraction of sp³-hybridized carbons (Fsp3) is 0.333. The van der Waals surface area contributed by atoms with E-state index >= 15 is 0 Å². The quantitative estimate of drug-likeness (QED) is 0.841. The summed E-state index contributed by atoms with van der Waals surface area (Å²) in [6.07, 6.45) is 2.74. The molecule has 0 saturated heterocycles. The molecule has 1 aromatic carbocycles. The molecule has 2 rings (SSSR count). The number of benzene rings is 1. The Morgan fingerprint density at radius 2 is 2.19 bits per heavy atom. The standard InChI is InChI=1S/C15H19BrN4O/c1-3-7-19(2)12-8-14(21)20(18-9-12)10-11-5-4-6-13(17)15(11)16/h4-6,8-9H,3,7,10,17H2,1-2H3. The van der Waals surface area contributed by atoms with Crippen molar-refractivity contribution in [2.24, 2.45) is 0 Å². The van der Waals surface area contributed by atoms with E-state index in [4.69, 9.17) is 5.73 Å². The summed E-state index contributed by atoms with van der Waals surface area (Å²) in [5, 5.41) is 4.25. The number of nitrogens with zero attached hydrogens (tertiary/aromatic N) is 3. The van der Waals surface area contributed by atoms with Gasteiger partial charge in [0.15, 0.2) is 0 Å². The number of aromatic nitrogens is 2. The van der Waals surface area contributed by atoms with Crippen LogP contribution in [0.25, 0.3) is 0 Å². The van der Waals surface area contributed by atoms with E-state index in [0.29, 0.717) is 12.2 Å². The Morgan fingerprint density at radius 3 is 2.86 bits per heavy atom. The number of halogens is 1. The highest BCUT2D eigenvalue weighted by atomic mass is 79.9. The van der Waals surface area contributed by atoms with Crippen LogP contribution in [0.4, 0.5) is 11.4 Å². The molecular formula is C15H19BrN4O. The highest BCUT2D eigenvalue weighted by Crippen LogP contribution is 2.24. The molecule has 5 nitrogen and oxygen atoms in total. The lowest BCUT2D eigenvalue weighted by molar-refractivity contribution is 0.635. The molecule has 0 atom stereocenters. The van der Waals surface area contributed by atoms with Gasteiger partial charge in [-0.05, 0) is 34.0 Å². The highest BCUT2D eigenvalue weighted by Gasteiger charge is 2.08. The number of nitrogen functional groups attached to an aromatic ring is 1. The number of rotatable bonds is 5. The van der Waals surface area contributed by atoms with E-state index in [-0.39, 0.29) is 5.56 Å². The minimum Gasteiger partial charge on any atom is -0.398 e. The van der Waals surface area contributed by atoms with Crippen LogP contribution in [0.5, 0.6) is 0 Å². The molecule has 0 radical (unpaired) electrons. The van der Waals surface area contributed by atoms with Gasteiger partial charge in [-0.2, -0.15) is 5.10 Å². The van der Waals surface area contributed by atoms with Gasteiger partial charge < -0.3 is 10.6 Å². The zero-order valence-corrected chi connectivity index (χ0v) is 13.8. The summed E-state index contributed by atoms with van der Waals surface area (Å²) in [6, 6.07) is 7.21. The molecule has 0 aliphatic carbocycles. The SMILES string of the molecule is CCCN(C)c1cnn(Cc2cccc(N)c2Br)c(=O)c1. The van der Waals surface area contributed by atoms with Gasteiger partial charge in [-0.1, -0.05) is 19.1 Å². The van der Waals surface area contributed by atoms with Gasteiger partial charge >= 0.3 is 0 Å². The summed E-state index contributed by atoms with van der Waals surface area (Å²) in [6.45, 7) is 3.39. The Bertz CT molecular complexity index is 684. The average Bonchev–Trinajstić information content (AvgIpc) is 2.46. The molecule has 0 spiro atoms. The molecule has 0 bridgehead atoms. The normalized spacial score (nSPS) is 10.6. The van der Waals surface area contributed by atoms with Crippen molar-refractivity contribution in [3.05, 3.63) is 50.9 Å². The molecular weight excluding hydrogens is 332 g/mol. The molecule has 2 aromatic rings. The van der Waals surface area contributed by atoms with Gasteiger partial charge in [0, 0.05) is 29.8 Å². The summed E-state index contributed by atoms with van der Waals surface area (Å²) in [5.41, 5.74) is 8.15. The van der Waals surface area contributed by atoms with E-state index in [1.165, 1.54) is 4.68 Å².